The zero-order valence-corrected chi connectivity index (χ0v) is 8.35. The first-order valence-corrected chi connectivity index (χ1v) is 4.61. The molecule has 0 bridgehead atoms. The third-order valence-electron chi connectivity index (χ3n) is 1.79. The van der Waals surface area contributed by atoms with Crippen LogP contribution in [0.3, 0.4) is 0 Å². The van der Waals surface area contributed by atoms with Gasteiger partial charge in [-0.2, -0.15) is 4.39 Å². The predicted octanol–water partition coefficient (Wildman–Crippen LogP) is 2.11. The molecule has 0 aliphatic carbocycles. The highest BCUT2D eigenvalue weighted by atomic mass is 19.2. The summed E-state index contributed by atoms with van der Waals surface area (Å²) in [6, 6.07) is 1.48. The van der Waals surface area contributed by atoms with E-state index >= 15 is 0 Å². The Bertz CT molecular complexity index is 300. The number of rotatable bonds is 4. The summed E-state index contributed by atoms with van der Waals surface area (Å²) >= 11 is 0. The van der Waals surface area contributed by atoms with Gasteiger partial charge in [-0.25, -0.2) is 9.37 Å². The molecule has 0 saturated heterocycles. The van der Waals surface area contributed by atoms with Gasteiger partial charge in [-0.1, -0.05) is 13.8 Å². The molecule has 1 heterocycles. The molecule has 0 unspecified atom stereocenters. The molecule has 0 aliphatic heterocycles. The zero-order chi connectivity index (χ0) is 10.6. The summed E-state index contributed by atoms with van der Waals surface area (Å²) in [5.41, 5.74) is 0.318. The van der Waals surface area contributed by atoms with Crippen LogP contribution < -0.4 is 5.32 Å². The summed E-state index contributed by atoms with van der Waals surface area (Å²) in [7, 11) is 0. The van der Waals surface area contributed by atoms with Crippen molar-refractivity contribution in [2.24, 2.45) is 5.92 Å². The molecule has 14 heavy (non-hydrogen) atoms. The van der Waals surface area contributed by atoms with E-state index < -0.39 is 11.8 Å². The quantitative estimate of drug-likeness (QED) is 0.753. The maximum Gasteiger partial charge on any atom is 0.249 e. The van der Waals surface area contributed by atoms with Crippen molar-refractivity contribution >= 4 is 0 Å². The van der Waals surface area contributed by atoms with E-state index in [1.54, 1.807) is 0 Å². The second-order valence-electron chi connectivity index (χ2n) is 3.60. The summed E-state index contributed by atoms with van der Waals surface area (Å²) in [6.45, 7) is 5.22. The van der Waals surface area contributed by atoms with Crippen LogP contribution in [-0.2, 0) is 6.54 Å². The Hall–Kier alpha value is -1.03. The van der Waals surface area contributed by atoms with Crippen molar-refractivity contribution in [1.29, 1.82) is 0 Å². The van der Waals surface area contributed by atoms with Crippen molar-refractivity contribution in [3.05, 3.63) is 29.6 Å². The lowest BCUT2D eigenvalue weighted by atomic mass is 10.2. The van der Waals surface area contributed by atoms with Gasteiger partial charge in [0.25, 0.3) is 0 Å². The van der Waals surface area contributed by atoms with Gasteiger partial charge < -0.3 is 5.32 Å². The van der Waals surface area contributed by atoms with E-state index in [0.29, 0.717) is 18.0 Å². The average Bonchev–Trinajstić information content (AvgIpc) is 2.12. The van der Waals surface area contributed by atoms with Crippen LogP contribution in [0.4, 0.5) is 8.78 Å². The summed E-state index contributed by atoms with van der Waals surface area (Å²) in [6.07, 6.45) is 1.27. The molecule has 0 saturated carbocycles. The Morgan fingerprint density at radius 2 is 2.14 bits per heavy atom. The molecule has 0 fully saturated rings. The Balaban J connectivity index is 2.54. The number of hydrogen-bond acceptors (Lipinski definition) is 2. The summed E-state index contributed by atoms with van der Waals surface area (Å²) < 4.78 is 25.7. The molecule has 0 aromatic carbocycles. The van der Waals surface area contributed by atoms with Gasteiger partial charge in [0.05, 0.1) is 0 Å². The molecule has 4 heteroatoms. The van der Waals surface area contributed by atoms with Gasteiger partial charge in [-0.3, -0.25) is 0 Å². The van der Waals surface area contributed by atoms with Crippen LogP contribution in [0.25, 0.3) is 0 Å². The third-order valence-corrected chi connectivity index (χ3v) is 1.79. The highest BCUT2D eigenvalue weighted by molar-refractivity contribution is 5.13. The van der Waals surface area contributed by atoms with E-state index in [-0.39, 0.29) is 0 Å². The van der Waals surface area contributed by atoms with Crippen molar-refractivity contribution in [2.45, 2.75) is 20.4 Å². The van der Waals surface area contributed by atoms with Crippen molar-refractivity contribution < 1.29 is 8.78 Å². The number of pyridine rings is 1. The molecule has 2 nitrogen and oxygen atoms in total. The van der Waals surface area contributed by atoms with E-state index in [1.807, 2.05) is 0 Å². The van der Waals surface area contributed by atoms with Gasteiger partial charge >= 0.3 is 0 Å². The first-order valence-electron chi connectivity index (χ1n) is 4.61. The minimum Gasteiger partial charge on any atom is -0.312 e. The molecular weight excluding hydrogens is 186 g/mol. The molecule has 1 aromatic rings. The van der Waals surface area contributed by atoms with Crippen LogP contribution in [0.1, 0.15) is 19.4 Å². The zero-order valence-electron chi connectivity index (χ0n) is 8.35. The normalized spacial score (nSPS) is 10.9. The van der Waals surface area contributed by atoms with Crippen LogP contribution in [-0.4, -0.2) is 11.5 Å². The SMILES string of the molecule is CC(C)CNCc1ccnc(F)c1F. The van der Waals surface area contributed by atoms with E-state index in [2.05, 4.69) is 24.1 Å². The Morgan fingerprint density at radius 3 is 2.79 bits per heavy atom. The van der Waals surface area contributed by atoms with Gasteiger partial charge in [0.2, 0.25) is 5.95 Å². The van der Waals surface area contributed by atoms with Crippen molar-refractivity contribution in [3.8, 4) is 0 Å². The monoisotopic (exact) mass is 200 g/mol. The minimum absolute atomic E-state index is 0.318. The summed E-state index contributed by atoms with van der Waals surface area (Å²) in [5.74, 6) is -1.40. The van der Waals surface area contributed by atoms with Crippen LogP contribution in [0.5, 0.6) is 0 Å². The van der Waals surface area contributed by atoms with Crippen molar-refractivity contribution in [3.63, 3.8) is 0 Å². The minimum atomic E-state index is -1.03. The molecule has 1 N–H and O–H groups in total. The van der Waals surface area contributed by atoms with E-state index in [0.717, 1.165) is 6.54 Å². The molecule has 0 radical (unpaired) electrons. The van der Waals surface area contributed by atoms with Crippen LogP contribution in [0.2, 0.25) is 0 Å². The second kappa shape index (κ2) is 5.00. The average molecular weight is 200 g/mol. The van der Waals surface area contributed by atoms with E-state index in [1.165, 1.54) is 12.3 Å². The number of hydrogen-bond donors (Lipinski definition) is 1. The van der Waals surface area contributed by atoms with Crippen LogP contribution in [0.15, 0.2) is 12.3 Å². The highest BCUT2D eigenvalue weighted by Gasteiger charge is 2.07. The molecular formula is C10H14F2N2. The fourth-order valence-electron chi connectivity index (χ4n) is 1.09. The molecule has 0 amide bonds. The first-order chi connectivity index (χ1) is 6.61. The topological polar surface area (TPSA) is 24.9 Å². The molecule has 1 rings (SSSR count). The lowest BCUT2D eigenvalue weighted by molar-refractivity contribution is 0.462. The largest absolute Gasteiger partial charge is 0.312 e. The standard InChI is InChI=1S/C10H14F2N2/c1-7(2)5-13-6-8-3-4-14-10(12)9(8)11/h3-4,7,13H,5-6H2,1-2H3. The Kier molecular flexibility index (Phi) is 3.95. The first kappa shape index (κ1) is 11.0. The van der Waals surface area contributed by atoms with Crippen LogP contribution >= 0.6 is 0 Å². The maximum absolute atomic E-state index is 13.0. The number of nitrogens with one attached hydrogen (secondary N) is 1. The fourth-order valence-corrected chi connectivity index (χ4v) is 1.09. The van der Waals surface area contributed by atoms with E-state index in [9.17, 15) is 8.78 Å². The summed E-state index contributed by atoms with van der Waals surface area (Å²) in [4.78, 5) is 3.21. The van der Waals surface area contributed by atoms with Gasteiger partial charge in [-0.15, -0.1) is 0 Å². The Labute approximate surface area is 82.4 Å². The second-order valence-corrected chi connectivity index (χ2v) is 3.60. The summed E-state index contributed by atoms with van der Waals surface area (Å²) in [5, 5.41) is 3.03. The van der Waals surface area contributed by atoms with Gasteiger partial charge in [0, 0.05) is 18.3 Å². The number of halogens is 2. The predicted molar refractivity (Wildman–Crippen MR) is 50.7 cm³/mol. The lowest BCUT2D eigenvalue weighted by Gasteiger charge is -2.07. The van der Waals surface area contributed by atoms with Gasteiger partial charge in [0.1, 0.15) is 0 Å². The molecule has 0 aliphatic rings. The maximum atomic E-state index is 13.0. The molecule has 0 spiro atoms. The van der Waals surface area contributed by atoms with Crippen LogP contribution in [0, 0.1) is 17.7 Å². The smallest absolute Gasteiger partial charge is 0.249 e. The Morgan fingerprint density at radius 1 is 1.43 bits per heavy atom. The molecule has 78 valence electrons. The fraction of sp³-hybridized carbons (Fsp3) is 0.500. The number of nitrogens with zero attached hydrogens (tertiary/aromatic N) is 1. The van der Waals surface area contributed by atoms with Gasteiger partial charge in [0.15, 0.2) is 5.82 Å². The number of aromatic nitrogens is 1. The third kappa shape index (κ3) is 3.03. The molecule has 1 aromatic heterocycles. The van der Waals surface area contributed by atoms with Crippen molar-refractivity contribution in [2.75, 3.05) is 6.54 Å². The van der Waals surface area contributed by atoms with Crippen molar-refractivity contribution in [1.82, 2.24) is 10.3 Å². The lowest BCUT2D eigenvalue weighted by Crippen LogP contribution is -2.20. The highest BCUT2D eigenvalue weighted by Crippen LogP contribution is 2.08. The molecule has 0 atom stereocenters. The van der Waals surface area contributed by atoms with E-state index in [4.69, 9.17) is 0 Å². The van der Waals surface area contributed by atoms with Gasteiger partial charge in [-0.05, 0) is 18.5 Å².